The molecule has 0 bridgehead atoms. The second-order valence-electron chi connectivity index (χ2n) is 6.01. The highest BCUT2D eigenvalue weighted by Gasteiger charge is 2.65. The SMILES string of the molecule is CC1(C)C(Nc2nccc3sccc23)C1(C)C. The molecule has 2 heterocycles. The van der Waals surface area contributed by atoms with Crippen LogP contribution in [0.25, 0.3) is 10.1 Å². The van der Waals surface area contributed by atoms with Crippen LogP contribution in [0, 0.1) is 10.8 Å². The van der Waals surface area contributed by atoms with Crippen molar-refractivity contribution in [3.05, 3.63) is 23.7 Å². The largest absolute Gasteiger partial charge is 0.366 e. The van der Waals surface area contributed by atoms with Gasteiger partial charge in [-0.1, -0.05) is 27.7 Å². The zero-order valence-electron chi connectivity index (χ0n) is 10.7. The monoisotopic (exact) mass is 246 g/mol. The minimum Gasteiger partial charge on any atom is -0.366 e. The van der Waals surface area contributed by atoms with E-state index in [1.165, 1.54) is 10.1 Å². The number of nitrogens with one attached hydrogen (secondary N) is 1. The van der Waals surface area contributed by atoms with Crippen molar-refractivity contribution in [2.24, 2.45) is 10.8 Å². The van der Waals surface area contributed by atoms with Gasteiger partial charge in [-0.2, -0.15) is 0 Å². The van der Waals surface area contributed by atoms with E-state index in [1.54, 1.807) is 11.3 Å². The summed E-state index contributed by atoms with van der Waals surface area (Å²) in [7, 11) is 0. The first-order valence-electron chi connectivity index (χ1n) is 6.03. The number of nitrogens with zero attached hydrogens (tertiary/aromatic N) is 1. The van der Waals surface area contributed by atoms with Crippen LogP contribution >= 0.6 is 11.3 Å². The van der Waals surface area contributed by atoms with Crippen LogP contribution < -0.4 is 5.32 Å². The molecule has 0 spiro atoms. The molecule has 0 aromatic carbocycles. The first-order valence-corrected chi connectivity index (χ1v) is 6.91. The maximum atomic E-state index is 4.49. The van der Waals surface area contributed by atoms with Crippen LogP contribution in [0.1, 0.15) is 27.7 Å². The molecule has 2 nitrogen and oxygen atoms in total. The van der Waals surface area contributed by atoms with E-state index in [2.05, 4.69) is 55.5 Å². The number of hydrogen-bond donors (Lipinski definition) is 1. The van der Waals surface area contributed by atoms with Crippen LogP contribution in [-0.4, -0.2) is 11.0 Å². The summed E-state index contributed by atoms with van der Waals surface area (Å²) in [5, 5.41) is 6.99. The fourth-order valence-corrected chi connectivity index (χ4v) is 3.49. The van der Waals surface area contributed by atoms with Crippen LogP contribution in [0.5, 0.6) is 0 Å². The van der Waals surface area contributed by atoms with Crippen molar-refractivity contribution < 1.29 is 0 Å². The molecule has 1 aliphatic carbocycles. The van der Waals surface area contributed by atoms with Crippen molar-refractivity contribution in [1.82, 2.24) is 4.98 Å². The van der Waals surface area contributed by atoms with Gasteiger partial charge in [0.2, 0.25) is 0 Å². The standard InChI is InChI=1S/C14H18N2S/c1-13(2)12(14(13,3)4)16-11-9-6-8-17-10(9)5-7-15-11/h5-8,12H,1-4H3,(H,15,16). The predicted molar refractivity (Wildman–Crippen MR) is 74.6 cm³/mol. The summed E-state index contributed by atoms with van der Waals surface area (Å²) in [6, 6.07) is 4.74. The summed E-state index contributed by atoms with van der Waals surface area (Å²) in [6.07, 6.45) is 1.89. The molecule has 1 fully saturated rings. The van der Waals surface area contributed by atoms with Gasteiger partial charge in [0, 0.05) is 22.3 Å². The summed E-state index contributed by atoms with van der Waals surface area (Å²) in [5.74, 6) is 1.03. The summed E-state index contributed by atoms with van der Waals surface area (Å²) in [4.78, 5) is 4.49. The molecule has 1 N–H and O–H groups in total. The Kier molecular flexibility index (Phi) is 2.09. The molecule has 0 radical (unpaired) electrons. The van der Waals surface area contributed by atoms with E-state index in [0.717, 1.165) is 5.82 Å². The molecule has 17 heavy (non-hydrogen) atoms. The maximum Gasteiger partial charge on any atom is 0.134 e. The molecular formula is C14H18N2S. The van der Waals surface area contributed by atoms with Gasteiger partial charge >= 0.3 is 0 Å². The normalized spacial score (nSPS) is 21.6. The van der Waals surface area contributed by atoms with Crippen LogP contribution in [0.3, 0.4) is 0 Å². The summed E-state index contributed by atoms with van der Waals surface area (Å²) >= 11 is 1.77. The van der Waals surface area contributed by atoms with Gasteiger partial charge in [-0.05, 0) is 28.3 Å². The summed E-state index contributed by atoms with van der Waals surface area (Å²) < 4.78 is 1.30. The van der Waals surface area contributed by atoms with E-state index in [9.17, 15) is 0 Å². The lowest BCUT2D eigenvalue weighted by molar-refractivity contribution is 0.457. The zero-order valence-corrected chi connectivity index (χ0v) is 11.6. The third-order valence-corrected chi connectivity index (χ3v) is 5.56. The lowest BCUT2D eigenvalue weighted by Gasteiger charge is -2.08. The van der Waals surface area contributed by atoms with Gasteiger partial charge in [0.05, 0.1) is 0 Å². The number of hydrogen-bond acceptors (Lipinski definition) is 3. The van der Waals surface area contributed by atoms with Gasteiger partial charge in [-0.15, -0.1) is 11.3 Å². The quantitative estimate of drug-likeness (QED) is 0.861. The molecule has 3 rings (SSSR count). The average molecular weight is 246 g/mol. The fourth-order valence-electron chi connectivity index (χ4n) is 2.70. The first kappa shape index (κ1) is 11.0. The van der Waals surface area contributed by atoms with E-state index >= 15 is 0 Å². The van der Waals surface area contributed by atoms with Gasteiger partial charge in [0.15, 0.2) is 0 Å². The number of thiophene rings is 1. The Bertz CT molecular complexity index is 554. The third kappa shape index (κ3) is 1.41. The Balaban J connectivity index is 1.95. The van der Waals surface area contributed by atoms with E-state index in [0.29, 0.717) is 16.9 Å². The minimum absolute atomic E-state index is 0.340. The predicted octanol–water partition coefficient (Wildman–Crippen LogP) is 4.14. The van der Waals surface area contributed by atoms with Crippen molar-refractivity contribution in [1.29, 1.82) is 0 Å². The minimum atomic E-state index is 0.340. The average Bonchev–Trinajstić information content (AvgIpc) is 2.68. The van der Waals surface area contributed by atoms with E-state index in [4.69, 9.17) is 0 Å². The van der Waals surface area contributed by atoms with Gasteiger partial charge in [0.25, 0.3) is 0 Å². The highest BCUT2D eigenvalue weighted by molar-refractivity contribution is 7.17. The van der Waals surface area contributed by atoms with Crippen LogP contribution in [0.2, 0.25) is 0 Å². The van der Waals surface area contributed by atoms with Crippen molar-refractivity contribution in [2.45, 2.75) is 33.7 Å². The van der Waals surface area contributed by atoms with E-state index in [1.807, 2.05) is 6.20 Å². The molecule has 1 aliphatic rings. The van der Waals surface area contributed by atoms with Crippen molar-refractivity contribution in [3.8, 4) is 0 Å². The molecule has 0 saturated heterocycles. The first-order chi connectivity index (χ1) is 7.94. The second-order valence-corrected chi connectivity index (χ2v) is 6.96. The Morgan fingerprint density at radius 2 is 1.88 bits per heavy atom. The number of fused-ring (bicyclic) bond motifs is 1. The molecular weight excluding hydrogens is 228 g/mol. The number of rotatable bonds is 2. The third-order valence-electron chi connectivity index (χ3n) is 4.68. The fraction of sp³-hybridized carbons (Fsp3) is 0.500. The van der Waals surface area contributed by atoms with Crippen molar-refractivity contribution in [3.63, 3.8) is 0 Å². The molecule has 90 valence electrons. The molecule has 0 aliphatic heterocycles. The molecule has 3 heteroatoms. The van der Waals surface area contributed by atoms with Crippen molar-refractivity contribution in [2.75, 3.05) is 5.32 Å². The molecule has 2 aromatic rings. The molecule has 0 atom stereocenters. The zero-order chi connectivity index (χ0) is 12.3. The van der Waals surface area contributed by atoms with Crippen molar-refractivity contribution >= 4 is 27.2 Å². The lowest BCUT2D eigenvalue weighted by Crippen LogP contribution is -2.11. The summed E-state index contributed by atoms with van der Waals surface area (Å²) in [6.45, 7) is 9.27. The van der Waals surface area contributed by atoms with Crippen LogP contribution in [-0.2, 0) is 0 Å². The summed E-state index contributed by atoms with van der Waals surface area (Å²) in [5.41, 5.74) is 0.680. The highest BCUT2D eigenvalue weighted by atomic mass is 32.1. The van der Waals surface area contributed by atoms with Gasteiger partial charge in [0.1, 0.15) is 5.82 Å². The topological polar surface area (TPSA) is 24.9 Å². The van der Waals surface area contributed by atoms with Crippen LogP contribution in [0.4, 0.5) is 5.82 Å². The number of pyridine rings is 1. The van der Waals surface area contributed by atoms with Gasteiger partial charge in [-0.25, -0.2) is 4.98 Å². The van der Waals surface area contributed by atoms with Crippen LogP contribution in [0.15, 0.2) is 23.7 Å². The van der Waals surface area contributed by atoms with Gasteiger partial charge in [-0.3, -0.25) is 0 Å². The Morgan fingerprint density at radius 3 is 2.53 bits per heavy atom. The number of anilines is 1. The molecule has 1 saturated carbocycles. The highest BCUT2D eigenvalue weighted by Crippen LogP contribution is 2.63. The van der Waals surface area contributed by atoms with Gasteiger partial charge < -0.3 is 5.32 Å². The molecule has 0 unspecified atom stereocenters. The van der Waals surface area contributed by atoms with E-state index < -0.39 is 0 Å². The molecule has 0 amide bonds. The molecule has 2 aromatic heterocycles. The Labute approximate surface area is 106 Å². The lowest BCUT2D eigenvalue weighted by atomic mass is 10.0. The number of aromatic nitrogens is 1. The Morgan fingerprint density at radius 1 is 1.18 bits per heavy atom. The maximum absolute atomic E-state index is 4.49. The Hall–Kier alpha value is -1.09. The second kappa shape index (κ2) is 3.22. The smallest absolute Gasteiger partial charge is 0.134 e. The van der Waals surface area contributed by atoms with E-state index in [-0.39, 0.29) is 0 Å².